The number of rotatable bonds is 4. The molecule has 0 fully saturated rings. The highest BCUT2D eigenvalue weighted by atomic mass is 16.6. The molecule has 0 aromatic heterocycles. The van der Waals surface area contributed by atoms with Gasteiger partial charge in [-0.25, -0.2) is 0 Å². The van der Waals surface area contributed by atoms with Crippen molar-refractivity contribution in [3.05, 3.63) is 53.6 Å². The smallest absolute Gasteiger partial charge is 0.457 e. The molecule has 0 bridgehead atoms. The van der Waals surface area contributed by atoms with E-state index in [4.69, 9.17) is 19.8 Å². The SMILES string of the molecule is COB1OCc2cc(Oc3cccc(CN)c3)ccc21. The molecule has 0 atom stereocenters. The van der Waals surface area contributed by atoms with E-state index in [1.807, 2.05) is 42.5 Å². The first-order chi connectivity index (χ1) is 9.80. The molecular formula is C15H16BNO3. The predicted molar refractivity (Wildman–Crippen MR) is 78.0 cm³/mol. The van der Waals surface area contributed by atoms with E-state index in [9.17, 15) is 0 Å². The van der Waals surface area contributed by atoms with Crippen LogP contribution in [0.1, 0.15) is 11.1 Å². The Hall–Kier alpha value is -1.82. The summed E-state index contributed by atoms with van der Waals surface area (Å²) in [4.78, 5) is 0. The maximum absolute atomic E-state index is 5.86. The first kappa shape index (κ1) is 13.2. The van der Waals surface area contributed by atoms with E-state index in [0.29, 0.717) is 13.2 Å². The largest absolute Gasteiger partial charge is 0.494 e. The molecule has 0 saturated carbocycles. The van der Waals surface area contributed by atoms with E-state index in [1.54, 1.807) is 7.11 Å². The fourth-order valence-electron chi connectivity index (χ4n) is 2.32. The molecule has 3 rings (SSSR count). The predicted octanol–water partition coefficient (Wildman–Crippen LogP) is 1.81. The lowest BCUT2D eigenvalue weighted by Crippen LogP contribution is -2.30. The van der Waals surface area contributed by atoms with Crippen LogP contribution in [0.4, 0.5) is 0 Å². The third-order valence-corrected chi connectivity index (χ3v) is 3.34. The summed E-state index contributed by atoms with van der Waals surface area (Å²) in [6.45, 7) is 1.05. The first-order valence-corrected chi connectivity index (χ1v) is 6.54. The van der Waals surface area contributed by atoms with Gasteiger partial charge in [-0.15, -0.1) is 0 Å². The van der Waals surface area contributed by atoms with E-state index in [0.717, 1.165) is 28.1 Å². The first-order valence-electron chi connectivity index (χ1n) is 6.54. The second-order valence-electron chi connectivity index (χ2n) is 4.69. The normalized spacial score (nSPS) is 13.4. The van der Waals surface area contributed by atoms with Crippen molar-refractivity contribution < 1.29 is 14.0 Å². The number of hydrogen-bond acceptors (Lipinski definition) is 4. The topological polar surface area (TPSA) is 53.7 Å². The summed E-state index contributed by atoms with van der Waals surface area (Å²) in [7, 11) is 1.38. The van der Waals surface area contributed by atoms with Crippen LogP contribution in [-0.2, 0) is 22.5 Å². The molecule has 0 saturated heterocycles. The number of nitrogens with two attached hydrogens (primary N) is 1. The van der Waals surface area contributed by atoms with Gasteiger partial charge in [0.2, 0.25) is 0 Å². The van der Waals surface area contributed by atoms with Crippen molar-refractivity contribution >= 4 is 12.6 Å². The van der Waals surface area contributed by atoms with Crippen LogP contribution in [0.3, 0.4) is 0 Å². The highest BCUT2D eigenvalue weighted by Crippen LogP contribution is 2.24. The van der Waals surface area contributed by atoms with Crippen LogP contribution in [-0.4, -0.2) is 14.2 Å². The number of benzene rings is 2. The van der Waals surface area contributed by atoms with Gasteiger partial charge in [0.15, 0.2) is 0 Å². The lowest BCUT2D eigenvalue weighted by atomic mass is 9.79. The van der Waals surface area contributed by atoms with Gasteiger partial charge in [0, 0.05) is 13.7 Å². The minimum Gasteiger partial charge on any atom is -0.457 e. The molecule has 1 heterocycles. The Morgan fingerprint density at radius 3 is 2.85 bits per heavy atom. The molecule has 102 valence electrons. The zero-order valence-corrected chi connectivity index (χ0v) is 11.3. The van der Waals surface area contributed by atoms with E-state index in [1.165, 1.54) is 0 Å². The quantitative estimate of drug-likeness (QED) is 0.860. The third kappa shape index (κ3) is 2.56. The maximum Gasteiger partial charge on any atom is 0.494 e. The van der Waals surface area contributed by atoms with Crippen LogP contribution in [0.5, 0.6) is 11.5 Å². The van der Waals surface area contributed by atoms with Crippen molar-refractivity contribution in [3.8, 4) is 11.5 Å². The van der Waals surface area contributed by atoms with Crippen LogP contribution in [0.25, 0.3) is 0 Å². The van der Waals surface area contributed by atoms with Gasteiger partial charge in [-0.05, 0) is 40.9 Å². The Kier molecular flexibility index (Phi) is 3.73. The monoisotopic (exact) mass is 269 g/mol. The zero-order chi connectivity index (χ0) is 13.9. The molecule has 0 amide bonds. The lowest BCUT2D eigenvalue weighted by molar-refractivity contribution is 0.245. The van der Waals surface area contributed by atoms with Crippen LogP contribution in [0, 0.1) is 0 Å². The van der Waals surface area contributed by atoms with Gasteiger partial charge in [-0.2, -0.15) is 0 Å². The fraction of sp³-hybridized carbons (Fsp3) is 0.200. The Bertz CT molecular complexity index is 618. The molecule has 2 N–H and O–H groups in total. The zero-order valence-electron chi connectivity index (χ0n) is 11.3. The summed E-state index contributed by atoms with van der Waals surface area (Å²) in [5.74, 6) is 1.58. The second-order valence-corrected chi connectivity index (χ2v) is 4.69. The minimum atomic E-state index is -0.264. The molecule has 0 radical (unpaired) electrons. The number of hydrogen-bond donors (Lipinski definition) is 1. The fourth-order valence-corrected chi connectivity index (χ4v) is 2.32. The number of ether oxygens (including phenoxy) is 1. The molecule has 1 aliphatic heterocycles. The van der Waals surface area contributed by atoms with Gasteiger partial charge in [0.05, 0.1) is 6.61 Å². The molecule has 2 aromatic rings. The van der Waals surface area contributed by atoms with Crippen molar-refractivity contribution in [3.63, 3.8) is 0 Å². The van der Waals surface area contributed by atoms with Gasteiger partial charge in [-0.3, -0.25) is 0 Å². The van der Waals surface area contributed by atoms with Crippen molar-refractivity contribution in [1.82, 2.24) is 0 Å². The highest BCUT2D eigenvalue weighted by Gasteiger charge is 2.29. The molecule has 1 aliphatic rings. The molecule has 0 unspecified atom stereocenters. The third-order valence-electron chi connectivity index (χ3n) is 3.34. The van der Waals surface area contributed by atoms with Crippen LogP contribution >= 0.6 is 0 Å². The standard InChI is InChI=1S/C15H16BNO3/c1-18-16-15-6-5-14(8-12(15)10-19-16)20-13-4-2-3-11(7-13)9-17/h2-8H,9-10,17H2,1H3. The summed E-state index contributed by atoms with van der Waals surface area (Å²) in [5.41, 5.74) is 8.84. The minimum absolute atomic E-state index is 0.264. The molecule has 0 aliphatic carbocycles. The van der Waals surface area contributed by atoms with Crippen molar-refractivity contribution in [2.45, 2.75) is 13.2 Å². The molecule has 5 heteroatoms. The van der Waals surface area contributed by atoms with E-state index >= 15 is 0 Å². The molecule has 0 spiro atoms. The Labute approximate surface area is 118 Å². The van der Waals surface area contributed by atoms with Crippen molar-refractivity contribution in [1.29, 1.82) is 0 Å². The summed E-state index contributed by atoms with van der Waals surface area (Å²) < 4.78 is 16.6. The van der Waals surface area contributed by atoms with E-state index < -0.39 is 0 Å². The Morgan fingerprint density at radius 2 is 2.05 bits per heavy atom. The summed E-state index contributed by atoms with van der Waals surface area (Å²) in [6, 6.07) is 13.7. The van der Waals surface area contributed by atoms with Crippen LogP contribution < -0.4 is 15.9 Å². The van der Waals surface area contributed by atoms with Crippen molar-refractivity contribution in [2.75, 3.05) is 7.11 Å². The lowest BCUT2D eigenvalue weighted by Gasteiger charge is -2.08. The van der Waals surface area contributed by atoms with E-state index in [-0.39, 0.29) is 7.12 Å². The summed E-state index contributed by atoms with van der Waals surface area (Å²) in [5, 5.41) is 0. The van der Waals surface area contributed by atoms with Gasteiger partial charge in [0.1, 0.15) is 11.5 Å². The van der Waals surface area contributed by atoms with Crippen molar-refractivity contribution in [2.24, 2.45) is 5.73 Å². The Balaban J connectivity index is 1.82. The summed E-state index contributed by atoms with van der Waals surface area (Å²) >= 11 is 0. The van der Waals surface area contributed by atoms with Gasteiger partial charge >= 0.3 is 7.12 Å². The van der Waals surface area contributed by atoms with E-state index in [2.05, 4.69) is 0 Å². The molecular weight excluding hydrogens is 253 g/mol. The number of fused-ring (bicyclic) bond motifs is 1. The second kappa shape index (κ2) is 5.67. The van der Waals surface area contributed by atoms with Gasteiger partial charge in [0.25, 0.3) is 0 Å². The molecule has 2 aromatic carbocycles. The Morgan fingerprint density at radius 1 is 1.20 bits per heavy atom. The molecule has 20 heavy (non-hydrogen) atoms. The summed E-state index contributed by atoms with van der Waals surface area (Å²) in [6.07, 6.45) is 0. The average molecular weight is 269 g/mol. The molecule has 4 nitrogen and oxygen atoms in total. The van der Waals surface area contributed by atoms with Gasteiger partial charge in [-0.1, -0.05) is 18.2 Å². The average Bonchev–Trinajstić information content (AvgIpc) is 2.89. The van der Waals surface area contributed by atoms with Crippen LogP contribution in [0.2, 0.25) is 0 Å². The highest BCUT2D eigenvalue weighted by molar-refractivity contribution is 6.62. The maximum atomic E-state index is 5.86. The van der Waals surface area contributed by atoms with Gasteiger partial charge < -0.3 is 19.8 Å². The van der Waals surface area contributed by atoms with Crippen LogP contribution in [0.15, 0.2) is 42.5 Å².